The van der Waals surface area contributed by atoms with Gasteiger partial charge in [-0.15, -0.1) is 0 Å². The number of esters is 1. The summed E-state index contributed by atoms with van der Waals surface area (Å²) >= 11 is 0. The normalized spacial score (nSPS) is 14.6. The Morgan fingerprint density at radius 1 is 0.541 bits per heavy atom. The second-order valence-corrected chi connectivity index (χ2v) is 17.0. The summed E-state index contributed by atoms with van der Waals surface area (Å²) in [5.41, 5.74) is 5.36. The van der Waals surface area contributed by atoms with Crippen molar-refractivity contribution >= 4 is 19.8 Å². The molecule has 0 amide bonds. The molecule has 0 bridgehead atoms. The van der Waals surface area contributed by atoms with Crippen molar-refractivity contribution in [1.29, 1.82) is 0 Å². The Labute approximate surface area is 371 Å². The largest absolute Gasteiger partial charge is 0.480 e. The first-order chi connectivity index (χ1) is 29.7. The predicted molar refractivity (Wildman–Crippen MR) is 253 cm³/mol. The predicted octanol–water partition coefficient (Wildman–Crippen LogP) is 13.5. The van der Waals surface area contributed by atoms with Crippen LogP contribution in [0.5, 0.6) is 0 Å². The van der Waals surface area contributed by atoms with E-state index in [9.17, 15) is 19.0 Å². The molecule has 61 heavy (non-hydrogen) atoms. The first-order valence-corrected chi connectivity index (χ1v) is 25.1. The zero-order chi connectivity index (χ0) is 44.8. The van der Waals surface area contributed by atoms with Gasteiger partial charge in [-0.3, -0.25) is 18.6 Å². The van der Waals surface area contributed by atoms with Gasteiger partial charge in [-0.1, -0.05) is 170 Å². The van der Waals surface area contributed by atoms with Gasteiger partial charge >= 0.3 is 19.8 Å². The monoisotopic (exact) mass is 876 g/mol. The number of carboxylic acids is 1. The van der Waals surface area contributed by atoms with E-state index in [2.05, 4.69) is 98.9 Å². The molecule has 0 saturated heterocycles. The lowest BCUT2D eigenvalue weighted by Gasteiger charge is -2.20. The molecule has 0 saturated carbocycles. The molecule has 0 aromatic carbocycles. The Bertz CT molecular complexity index is 1290. The molecule has 0 heterocycles. The number of carbonyl (C=O) groups excluding carboxylic acids is 1. The highest BCUT2D eigenvalue weighted by molar-refractivity contribution is 7.47. The molecule has 3 atom stereocenters. The van der Waals surface area contributed by atoms with Gasteiger partial charge in [-0.25, -0.2) is 4.57 Å². The van der Waals surface area contributed by atoms with Crippen molar-refractivity contribution in [2.45, 2.75) is 193 Å². The number of phosphoric acid groups is 1. The van der Waals surface area contributed by atoms with E-state index in [-0.39, 0.29) is 13.0 Å². The fourth-order valence-electron chi connectivity index (χ4n) is 6.01. The number of hydrogen-bond donors (Lipinski definition) is 3. The number of unbranched alkanes of at least 4 members (excludes halogenated alkanes) is 16. The molecule has 0 aromatic heterocycles. The van der Waals surface area contributed by atoms with E-state index in [0.717, 1.165) is 70.6 Å². The molecule has 3 unspecified atom stereocenters. The van der Waals surface area contributed by atoms with Crippen molar-refractivity contribution < 1.29 is 42.7 Å². The van der Waals surface area contributed by atoms with Crippen LogP contribution in [0.4, 0.5) is 0 Å². The third-order valence-electron chi connectivity index (χ3n) is 9.66. The first-order valence-electron chi connectivity index (χ1n) is 23.6. The third-order valence-corrected chi connectivity index (χ3v) is 10.6. The number of hydrogen-bond acceptors (Lipinski definition) is 8. The average molecular weight is 876 g/mol. The number of aliphatic carboxylic acids is 1. The molecule has 0 aliphatic rings. The van der Waals surface area contributed by atoms with Gasteiger partial charge in [-0.2, -0.15) is 0 Å². The maximum atomic E-state index is 12.7. The lowest BCUT2D eigenvalue weighted by molar-refractivity contribution is -0.154. The summed E-state index contributed by atoms with van der Waals surface area (Å²) in [6, 6.07) is -1.49. The van der Waals surface area contributed by atoms with Gasteiger partial charge in [0.05, 0.1) is 19.8 Å². The van der Waals surface area contributed by atoms with E-state index < -0.39 is 45.1 Å². The standard InChI is InChI=1S/C50H86NO9P/c1-3-5-7-9-11-13-15-17-19-21-23-24-25-26-28-30-32-34-36-38-40-42-49(52)60-47(45-58-61(55,56)59-46-48(51)50(53)54)44-57-43-41-39-37-35-33-31-29-27-22-20-18-16-14-12-10-8-6-4-2/h5,7,11,13,17-20,23-24,26,28,32,34,47-48H,3-4,6,8-10,12,14-16,21-22,25,27,29-31,33,35-46,51H2,1-2H3,(H,53,54)(H,55,56)/b7-5-,13-11-,19-17-,20-18-,24-23-,28-26-,34-32-. The lowest BCUT2D eigenvalue weighted by Crippen LogP contribution is -2.34. The van der Waals surface area contributed by atoms with Gasteiger partial charge in [0, 0.05) is 13.0 Å². The highest BCUT2D eigenvalue weighted by Gasteiger charge is 2.27. The van der Waals surface area contributed by atoms with Crippen molar-refractivity contribution in [3.8, 4) is 0 Å². The molecule has 0 radical (unpaired) electrons. The number of carboxylic acid groups (broad SMARTS) is 1. The maximum Gasteiger partial charge on any atom is 0.472 e. The van der Waals surface area contributed by atoms with Crippen LogP contribution in [0.1, 0.15) is 181 Å². The summed E-state index contributed by atoms with van der Waals surface area (Å²) in [7, 11) is -4.64. The van der Waals surface area contributed by atoms with Crippen LogP contribution in [0.3, 0.4) is 0 Å². The zero-order valence-electron chi connectivity index (χ0n) is 38.2. The van der Waals surface area contributed by atoms with Crippen LogP contribution < -0.4 is 5.73 Å². The molecule has 10 nitrogen and oxygen atoms in total. The third kappa shape index (κ3) is 45.0. The van der Waals surface area contributed by atoms with E-state index in [1.54, 1.807) is 0 Å². The second kappa shape index (κ2) is 45.2. The van der Waals surface area contributed by atoms with Crippen LogP contribution in [-0.2, 0) is 32.7 Å². The maximum absolute atomic E-state index is 12.7. The minimum atomic E-state index is -4.64. The SMILES string of the molecule is CC/C=C\C/C=C\C/C=C\C/C=C\C/C=C\C/C=C\CCCCC(=O)OC(COCCCCCCCCCC/C=C\CCCCCCCC)COP(=O)(O)OCC(N)C(=O)O. The summed E-state index contributed by atoms with van der Waals surface area (Å²) in [5.74, 6) is -1.83. The van der Waals surface area contributed by atoms with Crippen molar-refractivity contribution in [2.75, 3.05) is 26.4 Å². The highest BCUT2D eigenvalue weighted by Crippen LogP contribution is 2.43. The fraction of sp³-hybridized carbons (Fsp3) is 0.680. The minimum absolute atomic E-state index is 0.00762. The van der Waals surface area contributed by atoms with E-state index in [1.165, 1.54) is 83.5 Å². The Kier molecular flexibility index (Phi) is 43.1. The molecule has 0 aliphatic carbocycles. The van der Waals surface area contributed by atoms with Crippen LogP contribution in [0, 0.1) is 0 Å². The van der Waals surface area contributed by atoms with Crippen LogP contribution in [-0.4, -0.2) is 60.5 Å². The van der Waals surface area contributed by atoms with Crippen LogP contribution in [0.2, 0.25) is 0 Å². The molecule has 0 rings (SSSR count). The lowest BCUT2D eigenvalue weighted by atomic mass is 10.1. The Balaban J connectivity index is 4.31. The second-order valence-electron chi connectivity index (χ2n) is 15.5. The first kappa shape index (κ1) is 58.1. The summed E-state index contributed by atoms with van der Waals surface area (Å²) in [6.45, 7) is 3.70. The summed E-state index contributed by atoms with van der Waals surface area (Å²) < 4.78 is 33.4. The van der Waals surface area contributed by atoms with Gasteiger partial charge in [0.2, 0.25) is 0 Å². The zero-order valence-corrected chi connectivity index (χ0v) is 39.1. The van der Waals surface area contributed by atoms with E-state index in [0.29, 0.717) is 13.0 Å². The van der Waals surface area contributed by atoms with E-state index in [1.807, 2.05) is 0 Å². The van der Waals surface area contributed by atoms with Crippen LogP contribution in [0.25, 0.3) is 0 Å². The molecular formula is C50H86NO9P. The highest BCUT2D eigenvalue weighted by atomic mass is 31.2. The molecule has 4 N–H and O–H groups in total. The average Bonchev–Trinajstić information content (AvgIpc) is 3.24. The quantitative estimate of drug-likeness (QED) is 0.0233. The molecular weight excluding hydrogens is 790 g/mol. The number of carbonyl (C=O) groups is 2. The number of allylic oxidation sites excluding steroid dienone is 14. The molecule has 0 fully saturated rings. The minimum Gasteiger partial charge on any atom is -0.480 e. The molecule has 0 aliphatic heterocycles. The Hall–Kier alpha value is -2.85. The van der Waals surface area contributed by atoms with Gasteiger partial charge in [0.1, 0.15) is 12.1 Å². The van der Waals surface area contributed by atoms with E-state index in [4.69, 9.17) is 29.4 Å². The van der Waals surface area contributed by atoms with Crippen molar-refractivity contribution in [1.82, 2.24) is 0 Å². The van der Waals surface area contributed by atoms with Crippen LogP contribution in [0.15, 0.2) is 85.1 Å². The topological polar surface area (TPSA) is 155 Å². The van der Waals surface area contributed by atoms with Crippen molar-refractivity contribution in [2.24, 2.45) is 5.73 Å². The van der Waals surface area contributed by atoms with Gasteiger partial charge in [-0.05, 0) is 89.9 Å². The molecule has 0 spiro atoms. The Morgan fingerprint density at radius 2 is 0.951 bits per heavy atom. The number of phosphoric ester groups is 1. The van der Waals surface area contributed by atoms with Gasteiger partial charge < -0.3 is 25.2 Å². The molecule has 350 valence electrons. The van der Waals surface area contributed by atoms with E-state index >= 15 is 0 Å². The van der Waals surface area contributed by atoms with Crippen molar-refractivity contribution in [3.63, 3.8) is 0 Å². The number of nitrogens with two attached hydrogens (primary N) is 1. The van der Waals surface area contributed by atoms with Gasteiger partial charge in [0.25, 0.3) is 0 Å². The Morgan fingerprint density at radius 3 is 1.44 bits per heavy atom. The number of ether oxygens (including phenoxy) is 2. The summed E-state index contributed by atoms with van der Waals surface area (Å²) in [6.07, 6.45) is 57.8. The van der Waals surface area contributed by atoms with Crippen LogP contribution >= 0.6 is 7.82 Å². The summed E-state index contributed by atoms with van der Waals surface area (Å²) in [4.78, 5) is 33.6. The van der Waals surface area contributed by atoms with Crippen molar-refractivity contribution in [3.05, 3.63) is 85.1 Å². The number of rotatable bonds is 44. The fourth-order valence-corrected chi connectivity index (χ4v) is 6.79. The summed E-state index contributed by atoms with van der Waals surface area (Å²) in [5, 5.41) is 8.91. The van der Waals surface area contributed by atoms with Gasteiger partial charge in [0.15, 0.2) is 0 Å². The molecule has 11 heteroatoms. The molecule has 0 aromatic rings. The smallest absolute Gasteiger partial charge is 0.472 e.